The molecule has 0 aliphatic carbocycles. The monoisotopic (exact) mass is 385 g/mol. The highest BCUT2D eigenvalue weighted by molar-refractivity contribution is 5.69. The second-order valence-electron chi connectivity index (χ2n) is 7.84. The van der Waals surface area contributed by atoms with Gasteiger partial charge in [-0.25, -0.2) is 0 Å². The third kappa shape index (κ3) is 15.8. The van der Waals surface area contributed by atoms with Gasteiger partial charge in [0.15, 0.2) is 0 Å². The van der Waals surface area contributed by atoms with Crippen LogP contribution in [0, 0.1) is 0 Å². The molecule has 2 unspecified atom stereocenters. The van der Waals surface area contributed by atoms with Crippen molar-refractivity contribution in [1.29, 1.82) is 0 Å². The number of nitrogens with two attached hydrogens (primary N) is 1. The molecular weight excluding hydrogens is 342 g/mol. The molecule has 0 aromatic heterocycles. The first-order valence-electron chi connectivity index (χ1n) is 10.9. The van der Waals surface area contributed by atoms with Crippen LogP contribution in [0.25, 0.3) is 0 Å². The topological polar surface area (TPSA) is 92.8 Å². The van der Waals surface area contributed by atoms with E-state index in [4.69, 9.17) is 15.6 Å². The Hall–Kier alpha value is -0.910. The number of unbranched alkanes of at least 4 members (excludes halogenated alkanes) is 11. The van der Waals surface area contributed by atoms with Gasteiger partial charge in [0.1, 0.15) is 0 Å². The van der Waals surface area contributed by atoms with Crippen molar-refractivity contribution in [2.45, 2.75) is 116 Å². The highest BCUT2D eigenvalue weighted by Crippen LogP contribution is 2.12. The molecule has 2 atom stereocenters. The second-order valence-corrected chi connectivity index (χ2v) is 7.84. The van der Waals surface area contributed by atoms with Crippen LogP contribution in [0.1, 0.15) is 104 Å². The number of hydrogen-bond donors (Lipinski definition) is 3. The van der Waals surface area contributed by atoms with Crippen LogP contribution in [0.5, 0.6) is 0 Å². The summed E-state index contributed by atoms with van der Waals surface area (Å²) in [4.78, 5) is 11.6. The van der Waals surface area contributed by atoms with Gasteiger partial charge < -0.3 is 20.7 Å². The van der Waals surface area contributed by atoms with Crippen LogP contribution >= 0.6 is 0 Å². The molecule has 0 rings (SSSR count). The van der Waals surface area contributed by atoms with Crippen LogP contribution in [-0.2, 0) is 9.53 Å². The molecule has 0 aliphatic rings. The maximum atomic E-state index is 11.6. The van der Waals surface area contributed by atoms with Gasteiger partial charge >= 0.3 is 5.97 Å². The molecule has 0 radical (unpaired) electrons. The zero-order valence-corrected chi connectivity index (χ0v) is 17.6. The zero-order valence-electron chi connectivity index (χ0n) is 17.6. The molecule has 0 heterocycles. The number of esters is 1. The Kier molecular flexibility index (Phi) is 16.6. The molecule has 0 bridgehead atoms. The first kappa shape index (κ1) is 26.1. The summed E-state index contributed by atoms with van der Waals surface area (Å²) in [7, 11) is 0. The Morgan fingerprint density at radius 3 is 1.96 bits per heavy atom. The van der Waals surface area contributed by atoms with Gasteiger partial charge in [0, 0.05) is 6.42 Å². The summed E-state index contributed by atoms with van der Waals surface area (Å²) in [6, 6.07) is 0. The van der Waals surface area contributed by atoms with Crippen LogP contribution in [0.2, 0.25) is 0 Å². The third-order valence-corrected chi connectivity index (χ3v) is 4.79. The van der Waals surface area contributed by atoms with E-state index in [0.717, 1.165) is 25.7 Å². The zero-order chi connectivity index (χ0) is 20.4. The van der Waals surface area contributed by atoms with Crippen molar-refractivity contribution in [3.8, 4) is 0 Å². The van der Waals surface area contributed by atoms with Gasteiger partial charge in [-0.1, -0.05) is 70.4 Å². The number of aliphatic hydroxyl groups excluding tert-OH is 2. The Labute approximate surface area is 166 Å². The molecule has 5 heteroatoms. The molecule has 0 spiro atoms. The smallest absolute Gasteiger partial charge is 0.308 e. The van der Waals surface area contributed by atoms with Crippen molar-refractivity contribution >= 4 is 5.97 Å². The molecule has 0 fully saturated rings. The molecular formula is C22H43NO4. The standard InChI is InChI=1S/C22H43NO4/c1-3-4-5-6-7-8-9-10-11-12-13-14-15-16-17-18-20(25)27-21(26)22(2,23)19-24/h10-11,21,24,26H,3-9,12-19,23H2,1-2H3/b11-10-. The van der Waals surface area contributed by atoms with E-state index in [9.17, 15) is 9.90 Å². The Bertz CT molecular complexity index is 383. The lowest BCUT2D eigenvalue weighted by Gasteiger charge is -2.27. The van der Waals surface area contributed by atoms with E-state index in [1.54, 1.807) is 0 Å². The van der Waals surface area contributed by atoms with E-state index in [2.05, 4.69) is 19.1 Å². The second kappa shape index (κ2) is 17.2. The summed E-state index contributed by atoms with van der Waals surface area (Å²) in [5, 5.41) is 18.7. The molecule has 5 nitrogen and oxygen atoms in total. The Morgan fingerprint density at radius 2 is 1.44 bits per heavy atom. The molecule has 0 amide bonds. The minimum atomic E-state index is -1.47. The van der Waals surface area contributed by atoms with Crippen molar-refractivity contribution in [2.75, 3.05) is 6.61 Å². The lowest BCUT2D eigenvalue weighted by Crippen LogP contribution is -2.53. The summed E-state index contributed by atoms with van der Waals surface area (Å²) in [5.41, 5.74) is 4.29. The number of allylic oxidation sites excluding steroid dienone is 2. The molecule has 4 N–H and O–H groups in total. The van der Waals surface area contributed by atoms with Gasteiger partial charge in [0.2, 0.25) is 6.29 Å². The van der Waals surface area contributed by atoms with Crippen molar-refractivity contribution in [2.24, 2.45) is 5.73 Å². The largest absolute Gasteiger partial charge is 0.434 e. The normalized spacial score (nSPS) is 15.0. The number of carbonyl (C=O) groups excluding carboxylic acids is 1. The minimum absolute atomic E-state index is 0.275. The van der Waals surface area contributed by atoms with Gasteiger partial charge in [-0.2, -0.15) is 0 Å². The van der Waals surface area contributed by atoms with Gasteiger partial charge in [0.25, 0.3) is 0 Å². The highest BCUT2D eigenvalue weighted by atomic mass is 16.6. The Balaban J connectivity index is 3.42. The molecule has 27 heavy (non-hydrogen) atoms. The number of aliphatic hydroxyl groups is 2. The molecule has 0 aromatic rings. The van der Waals surface area contributed by atoms with E-state index >= 15 is 0 Å². The Morgan fingerprint density at radius 1 is 0.963 bits per heavy atom. The molecule has 0 saturated heterocycles. The van der Waals surface area contributed by atoms with E-state index in [0.29, 0.717) is 0 Å². The number of hydrogen-bond acceptors (Lipinski definition) is 5. The predicted octanol–water partition coefficient (Wildman–Crippen LogP) is 4.60. The fourth-order valence-electron chi connectivity index (χ4n) is 2.74. The highest BCUT2D eigenvalue weighted by Gasteiger charge is 2.30. The first-order chi connectivity index (χ1) is 12.9. The van der Waals surface area contributed by atoms with Gasteiger partial charge in [-0.05, 0) is 39.0 Å². The fourth-order valence-corrected chi connectivity index (χ4v) is 2.74. The molecule has 0 saturated carbocycles. The first-order valence-corrected chi connectivity index (χ1v) is 10.9. The summed E-state index contributed by atoms with van der Waals surface area (Å²) in [5.74, 6) is -0.467. The van der Waals surface area contributed by atoms with Crippen molar-refractivity contribution in [3.05, 3.63) is 12.2 Å². The average Bonchev–Trinajstić information content (AvgIpc) is 2.64. The molecule has 160 valence electrons. The lowest BCUT2D eigenvalue weighted by molar-refractivity contribution is -0.181. The molecule has 0 aliphatic heterocycles. The number of carbonyl (C=O) groups is 1. The summed E-state index contributed by atoms with van der Waals surface area (Å²) < 4.78 is 4.85. The molecule has 0 aromatic carbocycles. The minimum Gasteiger partial charge on any atom is -0.434 e. The maximum absolute atomic E-state index is 11.6. The SMILES string of the molecule is CCCCCCCC/C=C\CCCCCCCC(=O)OC(O)C(C)(N)CO. The third-order valence-electron chi connectivity index (χ3n) is 4.79. The maximum Gasteiger partial charge on any atom is 0.308 e. The van der Waals surface area contributed by atoms with Crippen molar-refractivity contribution < 1.29 is 19.7 Å². The quantitative estimate of drug-likeness (QED) is 0.139. The average molecular weight is 386 g/mol. The van der Waals surface area contributed by atoms with Gasteiger partial charge in [0.05, 0.1) is 12.1 Å². The van der Waals surface area contributed by atoms with Crippen LogP contribution in [0.15, 0.2) is 12.2 Å². The van der Waals surface area contributed by atoms with E-state index in [1.165, 1.54) is 64.7 Å². The number of ether oxygens (including phenoxy) is 1. The van der Waals surface area contributed by atoms with Crippen molar-refractivity contribution in [1.82, 2.24) is 0 Å². The van der Waals surface area contributed by atoms with Crippen LogP contribution in [0.3, 0.4) is 0 Å². The van der Waals surface area contributed by atoms with Crippen LogP contribution < -0.4 is 5.73 Å². The van der Waals surface area contributed by atoms with E-state index < -0.39 is 24.4 Å². The van der Waals surface area contributed by atoms with Crippen molar-refractivity contribution in [3.63, 3.8) is 0 Å². The number of rotatable bonds is 18. The van der Waals surface area contributed by atoms with Gasteiger partial charge in [-0.15, -0.1) is 0 Å². The van der Waals surface area contributed by atoms with Crippen LogP contribution in [-0.4, -0.2) is 34.6 Å². The van der Waals surface area contributed by atoms with E-state index in [-0.39, 0.29) is 6.42 Å². The summed E-state index contributed by atoms with van der Waals surface area (Å²) in [6.07, 6.45) is 19.1. The fraction of sp³-hybridized carbons (Fsp3) is 0.864. The lowest BCUT2D eigenvalue weighted by atomic mass is 10.1. The predicted molar refractivity (Wildman–Crippen MR) is 111 cm³/mol. The van der Waals surface area contributed by atoms with Crippen LogP contribution in [0.4, 0.5) is 0 Å². The van der Waals surface area contributed by atoms with Gasteiger partial charge in [-0.3, -0.25) is 4.79 Å². The summed E-state index contributed by atoms with van der Waals surface area (Å²) in [6.45, 7) is 3.24. The van der Waals surface area contributed by atoms with E-state index in [1.807, 2.05) is 0 Å². The summed E-state index contributed by atoms with van der Waals surface area (Å²) >= 11 is 0.